The van der Waals surface area contributed by atoms with Crippen LogP contribution >= 0.6 is 11.6 Å². The number of hydrogen-bond donors (Lipinski definition) is 1. The number of nitrogens with zero attached hydrogens (tertiary/aromatic N) is 1. The molecule has 1 aromatic rings. The van der Waals surface area contributed by atoms with Gasteiger partial charge < -0.3 is 15.0 Å². The summed E-state index contributed by atoms with van der Waals surface area (Å²) in [6.45, 7) is 4.92. The number of anilines is 1. The Morgan fingerprint density at radius 2 is 1.90 bits per heavy atom. The zero-order valence-electron chi connectivity index (χ0n) is 12.6. The molecule has 0 aliphatic carbocycles. The lowest BCUT2D eigenvalue weighted by atomic mass is 10.2. The van der Waals surface area contributed by atoms with Gasteiger partial charge in [0.2, 0.25) is 0 Å². The van der Waals surface area contributed by atoms with Crippen molar-refractivity contribution in [1.29, 1.82) is 0 Å². The van der Waals surface area contributed by atoms with Crippen molar-refractivity contribution in [3.05, 3.63) is 29.3 Å². The Morgan fingerprint density at radius 3 is 2.43 bits per heavy atom. The molecular formula is C15H21ClN2O3. The molecule has 1 aromatic carbocycles. The summed E-state index contributed by atoms with van der Waals surface area (Å²) in [5.41, 5.74) is 0.663. The van der Waals surface area contributed by atoms with Gasteiger partial charge in [-0.1, -0.05) is 25.4 Å². The van der Waals surface area contributed by atoms with Crippen LogP contribution in [-0.4, -0.2) is 37.1 Å². The van der Waals surface area contributed by atoms with Crippen LogP contribution in [0.5, 0.6) is 0 Å². The molecule has 0 fully saturated rings. The van der Waals surface area contributed by atoms with Crippen LogP contribution < -0.4 is 5.32 Å². The number of urea groups is 1. The molecule has 0 spiro atoms. The minimum atomic E-state index is -0.331. The minimum absolute atomic E-state index is 0.178. The van der Waals surface area contributed by atoms with Gasteiger partial charge in [0.1, 0.15) is 0 Å². The first-order chi connectivity index (χ1) is 9.92. The summed E-state index contributed by atoms with van der Waals surface area (Å²) in [7, 11) is 1.34. The quantitative estimate of drug-likeness (QED) is 0.819. The molecule has 116 valence electrons. The lowest BCUT2D eigenvalue weighted by molar-refractivity contribution is -0.140. The lowest BCUT2D eigenvalue weighted by Gasteiger charge is -2.24. The second-order valence-electron chi connectivity index (χ2n) is 5.10. The number of esters is 1. The van der Waals surface area contributed by atoms with E-state index in [0.717, 1.165) is 0 Å². The van der Waals surface area contributed by atoms with Gasteiger partial charge in [0.25, 0.3) is 0 Å². The summed E-state index contributed by atoms with van der Waals surface area (Å²) in [6, 6.07) is 6.63. The fourth-order valence-electron chi connectivity index (χ4n) is 1.78. The number of carbonyl (C=O) groups is 2. The molecule has 1 N–H and O–H groups in total. The topological polar surface area (TPSA) is 58.6 Å². The van der Waals surface area contributed by atoms with E-state index in [0.29, 0.717) is 29.7 Å². The number of rotatable bonds is 6. The number of ether oxygens (including phenoxy) is 1. The number of hydrogen-bond acceptors (Lipinski definition) is 3. The zero-order chi connectivity index (χ0) is 15.8. The maximum Gasteiger partial charge on any atom is 0.321 e. The van der Waals surface area contributed by atoms with E-state index in [1.807, 2.05) is 13.8 Å². The van der Waals surface area contributed by atoms with Crippen molar-refractivity contribution in [3.63, 3.8) is 0 Å². The molecule has 0 aromatic heterocycles. The first-order valence-electron chi connectivity index (χ1n) is 6.80. The van der Waals surface area contributed by atoms with E-state index in [9.17, 15) is 9.59 Å². The fraction of sp³-hybridized carbons (Fsp3) is 0.467. The molecule has 0 saturated heterocycles. The molecule has 6 heteroatoms. The van der Waals surface area contributed by atoms with Gasteiger partial charge >= 0.3 is 12.0 Å². The average Bonchev–Trinajstić information content (AvgIpc) is 2.45. The first kappa shape index (κ1) is 17.3. The van der Waals surface area contributed by atoms with Crippen molar-refractivity contribution >= 4 is 29.3 Å². The lowest BCUT2D eigenvalue weighted by Crippen LogP contribution is -2.39. The predicted molar refractivity (Wildman–Crippen MR) is 83.5 cm³/mol. The van der Waals surface area contributed by atoms with Crippen LogP contribution in [0.3, 0.4) is 0 Å². The van der Waals surface area contributed by atoms with Crippen LogP contribution in [-0.2, 0) is 9.53 Å². The third-order valence-corrected chi connectivity index (χ3v) is 3.03. The average molecular weight is 313 g/mol. The molecule has 2 amide bonds. The molecule has 0 unspecified atom stereocenters. The van der Waals surface area contributed by atoms with Crippen molar-refractivity contribution in [2.45, 2.75) is 20.3 Å². The van der Waals surface area contributed by atoms with Gasteiger partial charge in [-0.3, -0.25) is 4.79 Å². The summed E-state index contributed by atoms with van der Waals surface area (Å²) >= 11 is 5.81. The number of amides is 2. The van der Waals surface area contributed by atoms with E-state index < -0.39 is 0 Å². The highest BCUT2D eigenvalue weighted by molar-refractivity contribution is 6.30. The number of carbonyl (C=O) groups excluding carboxylic acids is 2. The standard InChI is InChI=1S/C15H21ClN2O3/c1-11(2)10-18(9-8-14(19)21-3)15(20)17-13-6-4-12(16)5-7-13/h4-7,11H,8-10H2,1-3H3,(H,17,20). The molecule has 0 heterocycles. The van der Waals surface area contributed by atoms with E-state index in [2.05, 4.69) is 10.1 Å². The molecule has 0 aliphatic rings. The largest absolute Gasteiger partial charge is 0.469 e. The molecule has 0 radical (unpaired) electrons. The summed E-state index contributed by atoms with van der Waals surface area (Å²) < 4.78 is 4.60. The maximum absolute atomic E-state index is 12.3. The van der Waals surface area contributed by atoms with Crippen molar-refractivity contribution in [3.8, 4) is 0 Å². The van der Waals surface area contributed by atoms with Gasteiger partial charge in [-0.2, -0.15) is 0 Å². The molecular weight excluding hydrogens is 292 g/mol. The third-order valence-electron chi connectivity index (χ3n) is 2.78. The molecule has 1 rings (SSSR count). The van der Waals surface area contributed by atoms with Gasteiger partial charge in [-0.05, 0) is 30.2 Å². The van der Waals surface area contributed by atoms with Gasteiger partial charge in [0.15, 0.2) is 0 Å². The van der Waals surface area contributed by atoms with Gasteiger partial charge in [0.05, 0.1) is 13.5 Å². The van der Waals surface area contributed by atoms with Gasteiger partial charge in [0, 0.05) is 23.8 Å². The van der Waals surface area contributed by atoms with Crippen molar-refractivity contribution in [2.24, 2.45) is 5.92 Å². The van der Waals surface area contributed by atoms with E-state index in [1.54, 1.807) is 29.2 Å². The predicted octanol–water partition coefficient (Wildman–Crippen LogP) is 3.39. The highest BCUT2D eigenvalue weighted by Gasteiger charge is 2.16. The van der Waals surface area contributed by atoms with Crippen molar-refractivity contribution in [1.82, 2.24) is 4.90 Å². The highest BCUT2D eigenvalue weighted by Crippen LogP contribution is 2.14. The van der Waals surface area contributed by atoms with Gasteiger partial charge in [-0.25, -0.2) is 4.79 Å². The monoisotopic (exact) mass is 312 g/mol. The number of halogens is 1. The summed E-state index contributed by atoms with van der Waals surface area (Å²) in [5, 5.41) is 3.40. The van der Waals surface area contributed by atoms with E-state index in [-0.39, 0.29) is 18.4 Å². The zero-order valence-corrected chi connectivity index (χ0v) is 13.3. The SMILES string of the molecule is COC(=O)CCN(CC(C)C)C(=O)Nc1ccc(Cl)cc1. The van der Waals surface area contributed by atoms with Crippen LogP contribution in [0.1, 0.15) is 20.3 Å². The molecule has 0 bridgehead atoms. The fourth-order valence-corrected chi connectivity index (χ4v) is 1.91. The normalized spacial score (nSPS) is 10.3. The Morgan fingerprint density at radius 1 is 1.29 bits per heavy atom. The van der Waals surface area contributed by atoms with Crippen LogP contribution in [0, 0.1) is 5.92 Å². The minimum Gasteiger partial charge on any atom is -0.469 e. The molecule has 0 aliphatic heterocycles. The molecule has 0 atom stereocenters. The molecule has 21 heavy (non-hydrogen) atoms. The Kier molecular flexibility index (Phi) is 7.02. The van der Waals surface area contributed by atoms with E-state index >= 15 is 0 Å². The first-order valence-corrected chi connectivity index (χ1v) is 7.18. The number of methoxy groups -OCH3 is 1. The summed E-state index contributed by atoms with van der Waals surface area (Å²) in [5.74, 6) is -0.0262. The van der Waals surface area contributed by atoms with Gasteiger partial charge in [-0.15, -0.1) is 0 Å². The summed E-state index contributed by atoms with van der Waals surface area (Å²) in [6.07, 6.45) is 0.178. The number of benzene rings is 1. The Bertz CT molecular complexity index is 474. The number of nitrogens with one attached hydrogen (secondary N) is 1. The van der Waals surface area contributed by atoms with Crippen LogP contribution in [0.15, 0.2) is 24.3 Å². The Balaban J connectivity index is 2.65. The van der Waals surface area contributed by atoms with Crippen molar-refractivity contribution in [2.75, 3.05) is 25.5 Å². The van der Waals surface area contributed by atoms with Crippen LogP contribution in [0.4, 0.5) is 10.5 Å². The van der Waals surface area contributed by atoms with Crippen molar-refractivity contribution < 1.29 is 14.3 Å². The second-order valence-corrected chi connectivity index (χ2v) is 5.54. The summed E-state index contributed by atoms with van der Waals surface area (Å²) in [4.78, 5) is 25.1. The smallest absolute Gasteiger partial charge is 0.321 e. The Hall–Kier alpha value is -1.75. The molecule has 0 saturated carbocycles. The maximum atomic E-state index is 12.3. The van der Waals surface area contributed by atoms with Crippen LogP contribution in [0.2, 0.25) is 5.02 Å². The third kappa shape index (κ3) is 6.49. The van der Waals surface area contributed by atoms with Crippen LogP contribution in [0.25, 0.3) is 0 Å². The Labute approximate surface area is 130 Å². The second kappa shape index (κ2) is 8.52. The highest BCUT2D eigenvalue weighted by atomic mass is 35.5. The molecule has 5 nitrogen and oxygen atoms in total. The van der Waals surface area contributed by atoms with E-state index in [1.165, 1.54) is 7.11 Å². The van der Waals surface area contributed by atoms with E-state index in [4.69, 9.17) is 11.6 Å².